The fourth-order valence-corrected chi connectivity index (χ4v) is 2.99. The second kappa shape index (κ2) is 6.49. The molecule has 0 aromatic heterocycles. The molecule has 0 amide bonds. The average molecular weight is 265 g/mol. The summed E-state index contributed by atoms with van der Waals surface area (Å²) in [6.45, 7) is 4.82. The van der Waals surface area contributed by atoms with Crippen molar-refractivity contribution < 1.29 is 9.50 Å². The van der Waals surface area contributed by atoms with Gasteiger partial charge in [-0.25, -0.2) is 4.39 Å². The Balaban J connectivity index is 1.97. The number of nitrogens with one attached hydrogen (secondary N) is 1. The summed E-state index contributed by atoms with van der Waals surface area (Å²) < 4.78 is 13.4. The SMILES string of the molecule is CC(O)CC(C)CNC1CCCc2ccc(F)cc21. The Morgan fingerprint density at radius 3 is 2.95 bits per heavy atom. The Labute approximate surface area is 115 Å². The van der Waals surface area contributed by atoms with Gasteiger partial charge in [0, 0.05) is 6.04 Å². The van der Waals surface area contributed by atoms with Crippen molar-refractivity contribution in [1.82, 2.24) is 5.32 Å². The van der Waals surface area contributed by atoms with E-state index in [-0.39, 0.29) is 18.0 Å². The minimum absolute atomic E-state index is 0.149. The number of aliphatic hydroxyl groups excluding tert-OH is 1. The largest absolute Gasteiger partial charge is 0.393 e. The molecule has 1 aliphatic rings. The Morgan fingerprint density at radius 2 is 2.21 bits per heavy atom. The first kappa shape index (κ1) is 14.5. The number of rotatable bonds is 5. The molecule has 0 bridgehead atoms. The zero-order valence-corrected chi connectivity index (χ0v) is 11.8. The van der Waals surface area contributed by atoms with Crippen molar-refractivity contribution in [2.45, 2.75) is 51.7 Å². The molecule has 0 aliphatic heterocycles. The number of aliphatic hydroxyl groups is 1. The smallest absolute Gasteiger partial charge is 0.123 e. The monoisotopic (exact) mass is 265 g/mol. The minimum atomic E-state index is -0.257. The van der Waals surface area contributed by atoms with E-state index in [0.29, 0.717) is 5.92 Å². The molecule has 1 aromatic carbocycles. The van der Waals surface area contributed by atoms with Crippen molar-refractivity contribution in [2.75, 3.05) is 6.54 Å². The highest BCUT2D eigenvalue weighted by atomic mass is 19.1. The predicted molar refractivity (Wildman–Crippen MR) is 75.5 cm³/mol. The van der Waals surface area contributed by atoms with E-state index in [9.17, 15) is 9.50 Å². The first-order valence-corrected chi connectivity index (χ1v) is 7.26. The maximum atomic E-state index is 13.4. The van der Waals surface area contributed by atoms with Crippen molar-refractivity contribution in [3.63, 3.8) is 0 Å². The van der Waals surface area contributed by atoms with Gasteiger partial charge >= 0.3 is 0 Å². The number of benzene rings is 1. The fourth-order valence-electron chi connectivity index (χ4n) is 2.99. The second-order valence-electron chi connectivity index (χ2n) is 5.89. The molecule has 0 heterocycles. The van der Waals surface area contributed by atoms with Gasteiger partial charge in [0.25, 0.3) is 0 Å². The van der Waals surface area contributed by atoms with Crippen LogP contribution in [0.5, 0.6) is 0 Å². The molecule has 0 fully saturated rings. The maximum absolute atomic E-state index is 13.4. The summed E-state index contributed by atoms with van der Waals surface area (Å²) in [6.07, 6.45) is 3.82. The highest BCUT2D eigenvalue weighted by Gasteiger charge is 2.20. The van der Waals surface area contributed by atoms with Crippen LogP contribution in [0.1, 0.15) is 50.3 Å². The van der Waals surface area contributed by atoms with E-state index < -0.39 is 0 Å². The first-order valence-electron chi connectivity index (χ1n) is 7.26. The number of aryl methyl sites for hydroxylation is 1. The molecule has 0 spiro atoms. The van der Waals surface area contributed by atoms with Gasteiger partial charge in [0.15, 0.2) is 0 Å². The molecule has 0 saturated heterocycles. The summed E-state index contributed by atoms with van der Waals surface area (Å²) in [6, 6.07) is 5.40. The molecule has 2 rings (SSSR count). The van der Waals surface area contributed by atoms with Gasteiger partial charge in [-0.1, -0.05) is 13.0 Å². The van der Waals surface area contributed by atoms with Crippen LogP contribution in [0.15, 0.2) is 18.2 Å². The molecule has 1 aliphatic carbocycles. The number of hydrogen-bond donors (Lipinski definition) is 2. The van der Waals surface area contributed by atoms with Crippen LogP contribution in [0.2, 0.25) is 0 Å². The van der Waals surface area contributed by atoms with Gasteiger partial charge in [-0.15, -0.1) is 0 Å². The molecule has 2 N–H and O–H groups in total. The Bertz CT molecular complexity index is 419. The number of halogens is 1. The molecule has 3 unspecified atom stereocenters. The molecular formula is C16H24FNO. The molecule has 1 aromatic rings. The third kappa shape index (κ3) is 4.02. The second-order valence-corrected chi connectivity index (χ2v) is 5.89. The predicted octanol–water partition coefficient (Wildman–Crippen LogP) is 3.20. The van der Waals surface area contributed by atoms with Crippen molar-refractivity contribution in [3.05, 3.63) is 35.1 Å². The summed E-state index contributed by atoms with van der Waals surface area (Å²) in [5.74, 6) is 0.281. The van der Waals surface area contributed by atoms with Crippen LogP contribution in [0.3, 0.4) is 0 Å². The number of hydrogen-bond acceptors (Lipinski definition) is 2. The lowest BCUT2D eigenvalue weighted by atomic mass is 9.87. The quantitative estimate of drug-likeness (QED) is 0.857. The van der Waals surface area contributed by atoms with Gasteiger partial charge in [-0.2, -0.15) is 0 Å². The molecule has 106 valence electrons. The van der Waals surface area contributed by atoms with Crippen molar-refractivity contribution >= 4 is 0 Å². The lowest BCUT2D eigenvalue weighted by Gasteiger charge is -2.28. The van der Waals surface area contributed by atoms with Crippen LogP contribution in [0.4, 0.5) is 4.39 Å². The topological polar surface area (TPSA) is 32.3 Å². The average Bonchev–Trinajstić information content (AvgIpc) is 2.35. The molecule has 0 saturated carbocycles. The van der Waals surface area contributed by atoms with E-state index >= 15 is 0 Å². The zero-order valence-electron chi connectivity index (χ0n) is 11.8. The van der Waals surface area contributed by atoms with Crippen LogP contribution >= 0.6 is 0 Å². The molecular weight excluding hydrogens is 241 g/mol. The van der Waals surface area contributed by atoms with E-state index in [1.165, 1.54) is 5.56 Å². The van der Waals surface area contributed by atoms with Crippen LogP contribution in [0.25, 0.3) is 0 Å². The Hall–Kier alpha value is -0.930. The molecule has 3 atom stereocenters. The summed E-state index contributed by atoms with van der Waals surface area (Å²) in [5, 5.41) is 12.9. The molecule has 3 heteroatoms. The highest BCUT2D eigenvalue weighted by Crippen LogP contribution is 2.30. The van der Waals surface area contributed by atoms with Crippen LogP contribution in [-0.4, -0.2) is 17.8 Å². The van der Waals surface area contributed by atoms with Gasteiger partial charge in [0.2, 0.25) is 0 Å². The van der Waals surface area contributed by atoms with Crippen LogP contribution < -0.4 is 5.32 Å². The van der Waals surface area contributed by atoms with Crippen molar-refractivity contribution in [3.8, 4) is 0 Å². The Morgan fingerprint density at radius 1 is 1.42 bits per heavy atom. The van der Waals surface area contributed by atoms with Gasteiger partial charge in [-0.3, -0.25) is 0 Å². The lowest BCUT2D eigenvalue weighted by molar-refractivity contribution is 0.162. The van der Waals surface area contributed by atoms with Crippen LogP contribution in [0, 0.1) is 11.7 Å². The lowest BCUT2D eigenvalue weighted by Crippen LogP contribution is -2.30. The van der Waals surface area contributed by atoms with Gasteiger partial charge in [0.1, 0.15) is 5.82 Å². The van der Waals surface area contributed by atoms with Crippen molar-refractivity contribution in [1.29, 1.82) is 0 Å². The summed E-state index contributed by atoms with van der Waals surface area (Å²) in [5.41, 5.74) is 2.39. The Kier molecular flexibility index (Phi) is 4.94. The van der Waals surface area contributed by atoms with Gasteiger partial charge < -0.3 is 10.4 Å². The molecule has 0 radical (unpaired) electrons. The normalized spacial score (nSPS) is 21.8. The minimum Gasteiger partial charge on any atom is -0.393 e. The van der Waals surface area contributed by atoms with Gasteiger partial charge in [-0.05, 0) is 68.3 Å². The third-order valence-corrected chi connectivity index (χ3v) is 3.88. The summed E-state index contributed by atoms with van der Waals surface area (Å²) in [4.78, 5) is 0. The standard InChI is InChI=1S/C16H24FNO/c1-11(8-12(2)19)10-18-16-5-3-4-13-6-7-14(17)9-15(13)16/h6-7,9,11-12,16,18-19H,3-5,8,10H2,1-2H3. The summed E-state index contributed by atoms with van der Waals surface area (Å²) >= 11 is 0. The fraction of sp³-hybridized carbons (Fsp3) is 0.625. The van der Waals surface area contributed by atoms with E-state index in [0.717, 1.165) is 37.8 Å². The van der Waals surface area contributed by atoms with Crippen LogP contribution in [-0.2, 0) is 6.42 Å². The highest BCUT2D eigenvalue weighted by molar-refractivity contribution is 5.32. The van der Waals surface area contributed by atoms with E-state index in [1.54, 1.807) is 12.1 Å². The van der Waals surface area contributed by atoms with E-state index in [2.05, 4.69) is 12.2 Å². The number of fused-ring (bicyclic) bond motifs is 1. The van der Waals surface area contributed by atoms with Gasteiger partial charge in [0.05, 0.1) is 6.10 Å². The van der Waals surface area contributed by atoms with E-state index in [4.69, 9.17) is 0 Å². The molecule has 19 heavy (non-hydrogen) atoms. The molecule has 2 nitrogen and oxygen atoms in total. The maximum Gasteiger partial charge on any atom is 0.123 e. The summed E-state index contributed by atoms with van der Waals surface area (Å²) in [7, 11) is 0. The zero-order chi connectivity index (χ0) is 13.8. The first-order chi connectivity index (χ1) is 9.06. The van der Waals surface area contributed by atoms with Crippen molar-refractivity contribution in [2.24, 2.45) is 5.92 Å². The van der Waals surface area contributed by atoms with E-state index in [1.807, 2.05) is 13.0 Å². The third-order valence-electron chi connectivity index (χ3n) is 3.88.